The van der Waals surface area contributed by atoms with E-state index >= 15 is 0 Å². The Morgan fingerprint density at radius 2 is 1.71 bits per heavy atom. The van der Waals surface area contributed by atoms with Crippen LogP contribution in [-0.4, -0.2) is 61.9 Å². The molecule has 0 atom stereocenters. The number of rotatable bonds is 6. The second-order valence-electron chi connectivity index (χ2n) is 6.26. The molecule has 148 valence electrons. The first-order valence-corrected chi connectivity index (χ1v) is 9.28. The molecule has 2 heterocycles. The first-order valence-electron chi connectivity index (χ1n) is 8.90. The van der Waals surface area contributed by atoms with E-state index in [0.29, 0.717) is 31.2 Å². The number of hydrogen-bond donors (Lipinski definition) is 2. The predicted octanol–water partition coefficient (Wildman–Crippen LogP) is 1.13. The van der Waals surface area contributed by atoms with Gasteiger partial charge in [0.1, 0.15) is 0 Å². The summed E-state index contributed by atoms with van der Waals surface area (Å²) in [4.78, 5) is 39.7. The molecule has 1 aromatic heterocycles. The highest BCUT2D eigenvalue weighted by molar-refractivity contribution is 6.33. The summed E-state index contributed by atoms with van der Waals surface area (Å²) in [6.07, 6.45) is 1.37. The number of carbonyl (C=O) groups is 3. The number of nitrogens with one attached hydrogen (secondary N) is 2. The highest BCUT2D eigenvalue weighted by Gasteiger charge is 2.22. The topological polar surface area (TPSA) is 94.9 Å². The lowest BCUT2D eigenvalue weighted by molar-refractivity contribution is -0.132. The van der Waals surface area contributed by atoms with Crippen LogP contribution in [0.15, 0.2) is 47.1 Å². The summed E-state index contributed by atoms with van der Waals surface area (Å²) < 4.78 is 4.94. The molecule has 0 spiro atoms. The zero-order valence-corrected chi connectivity index (χ0v) is 15.9. The van der Waals surface area contributed by atoms with Gasteiger partial charge in [-0.25, -0.2) is 0 Å². The predicted molar refractivity (Wildman–Crippen MR) is 104 cm³/mol. The maximum absolute atomic E-state index is 12.3. The third-order valence-electron chi connectivity index (χ3n) is 4.42. The molecule has 2 N–H and O–H groups in total. The number of halogens is 1. The first-order chi connectivity index (χ1) is 13.5. The van der Waals surface area contributed by atoms with Crippen molar-refractivity contribution in [2.75, 3.05) is 44.2 Å². The zero-order chi connectivity index (χ0) is 19.9. The first kappa shape index (κ1) is 19.8. The summed E-state index contributed by atoms with van der Waals surface area (Å²) >= 11 is 6.22. The molecule has 2 aromatic rings. The summed E-state index contributed by atoms with van der Waals surface area (Å²) in [5.41, 5.74) is 0.955. The van der Waals surface area contributed by atoms with Gasteiger partial charge in [-0.15, -0.1) is 0 Å². The van der Waals surface area contributed by atoms with Gasteiger partial charge in [-0.05, 0) is 24.3 Å². The molecular weight excluding hydrogens is 384 g/mol. The Morgan fingerprint density at radius 3 is 2.39 bits per heavy atom. The standard InChI is InChI=1S/C19H21ClN4O4/c20-14-4-1-2-5-15(14)23-7-9-24(10-8-23)18(26)13-21-17(25)12-22-19(27)16-6-3-11-28-16/h1-6,11H,7-10,12-13H2,(H,21,25)(H,22,27). The van der Waals surface area contributed by atoms with Crippen molar-refractivity contribution in [3.63, 3.8) is 0 Å². The van der Waals surface area contributed by atoms with E-state index in [1.54, 1.807) is 11.0 Å². The van der Waals surface area contributed by atoms with Gasteiger partial charge in [0.15, 0.2) is 5.76 Å². The van der Waals surface area contributed by atoms with Gasteiger partial charge in [-0.3, -0.25) is 14.4 Å². The van der Waals surface area contributed by atoms with Crippen molar-refractivity contribution in [3.05, 3.63) is 53.4 Å². The molecule has 0 aliphatic carbocycles. The van der Waals surface area contributed by atoms with E-state index in [0.717, 1.165) is 5.69 Å². The Labute approximate surface area is 167 Å². The average molecular weight is 405 g/mol. The summed E-state index contributed by atoms with van der Waals surface area (Å²) in [7, 11) is 0. The number of amides is 3. The van der Waals surface area contributed by atoms with Crippen molar-refractivity contribution in [2.45, 2.75) is 0 Å². The van der Waals surface area contributed by atoms with Crippen LogP contribution in [0.5, 0.6) is 0 Å². The Bertz CT molecular complexity index is 832. The molecule has 1 saturated heterocycles. The molecule has 1 aliphatic rings. The molecule has 1 fully saturated rings. The van der Waals surface area contributed by atoms with Gasteiger partial charge in [0.25, 0.3) is 5.91 Å². The van der Waals surface area contributed by atoms with Gasteiger partial charge in [0, 0.05) is 26.2 Å². The van der Waals surface area contributed by atoms with Gasteiger partial charge in [-0.2, -0.15) is 0 Å². The van der Waals surface area contributed by atoms with Crippen molar-refractivity contribution in [1.82, 2.24) is 15.5 Å². The van der Waals surface area contributed by atoms with Crippen LogP contribution >= 0.6 is 11.6 Å². The number of furan rings is 1. The monoisotopic (exact) mass is 404 g/mol. The highest BCUT2D eigenvalue weighted by Crippen LogP contribution is 2.25. The average Bonchev–Trinajstić information content (AvgIpc) is 3.26. The minimum Gasteiger partial charge on any atom is -0.459 e. The quantitative estimate of drug-likeness (QED) is 0.752. The van der Waals surface area contributed by atoms with Crippen molar-refractivity contribution in [1.29, 1.82) is 0 Å². The van der Waals surface area contributed by atoms with Gasteiger partial charge in [0.2, 0.25) is 11.8 Å². The Balaban J connectivity index is 1.38. The number of carbonyl (C=O) groups excluding carboxylic acids is 3. The van der Waals surface area contributed by atoms with E-state index in [-0.39, 0.29) is 24.8 Å². The van der Waals surface area contributed by atoms with Crippen molar-refractivity contribution in [2.24, 2.45) is 0 Å². The van der Waals surface area contributed by atoms with E-state index in [1.165, 1.54) is 12.3 Å². The summed E-state index contributed by atoms with van der Waals surface area (Å²) in [6.45, 7) is 2.10. The van der Waals surface area contributed by atoms with Crippen molar-refractivity contribution >= 4 is 35.0 Å². The molecule has 0 unspecified atom stereocenters. The molecule has 3 amide bonds. The Kier molecular flexibility index (Phi) is 6.54. The normalized spacial score (nSPS) is 13.9. The highest BCUT2D eigenvalue weighted by atomic mass is 35.5. The third-order valence-corrected chi connectivity index (χ3v) is 4.74. The van der Waals surface area contributed by atoms with Crippen LogP contribution in [0.3, 0.4) is 0 Å². The molecule has 0 radical (unpaired) electrons. The van der Waals surface area contributed by atoms with Crippen LogP contribution in [0.2, 0.25) is 5.02 Å². The molecular formula is C19H21ClN4O4. The lowest BCUT2D eigenvalue weighted by Crippen LogP contribution is -2.51. The number of piperazine rings is 1. The lowest BCUT2D eigenvalue weighted by Gasteiger charge is -2.36. The fourth-order valence-corrected chi connectivity index (χ4v) is 3.16. The van der Waals surface area contributed by atoms with Crippen molar-refractivity contribution in [3.8, 4) is 0 Å². The van der Waals surface area contributed by atoms with Crippen LogP contribution in [0.1, 0.15) is 10.6 Å². The molecule has 0 saturated carbocycles. The largest absolute Gasteiger partial charge is 0.459 e. The van der Waals surface area contributed by atoms with E-state index in [2.05, 4.69) is 15.5 Å². The number of hydrogen-bond acceptors (Lipinski definition) is 5. The molecule has 9 heteroatoms. The van der Waals surface area contributed by atoms with Crippen LogP contribution in [-0.2, 0) is 9.59 Å². The second-order valence-corrected chi connectivity index (χ2v) is 6.66. The van der Waals surface area contributed by atoms with Crippen LogP contribution < -0.4 is 15.5 Å². The van der Waals surface area contributed by atoms with Gasteiger partial charge in [0.05, 0.1) is 30.1 Å². The van der Waals surface area contributed by atoms with E-state index in [1.807, 2.05) is 24.3 Å². The van der Waals surface area contributed by atoms with E-state index in [9.17, 15) is 14.4 Å². The van der Waals surface area contributed by atoms with Crippen LogP contribution in [0.25, 0.3) is 0 Å². The Morgan fingerprint density at radius 1 is 0.964 bits per heavy atom. The molecule has 1 aliphatic heterocycles. The number of nitrogens with zero attached hydrogens (tertiary/aromatic N) is 2. The molecule has 0 bridgehead atoms. The van der Waals surface area contributed by atoms with Gasteiger partial charge in [-0.1, -0.05) is 23.7 Å². The molecule has 3 rings (SSSR count). The van der Waals surface area contributed by atoms with Crippen LogP contribution in [0.4, 0.5) is 5.69 Å². The third kappa shape index (κ3) is 5.04. The van der Waals surface area contributed by atoms with E-state index < -0.39 is 11.8 Å². The van der Waals surface area contributed by atoms with Gasteiger partial charge < -0.3 is 24.9 Å². The number of anilines is 1. The number of benzene rings is 1. The lowest BCUT2D eigenvalue weighted by atomic mass is 10.2. The molecule has 1 aromatic carbocycles. The minimum atomic E-state index is -0.484. The zero-order valence-electron chi connectivity index (χ0n) is 15.2. The maximum atomic E-state index is 12.3. The van der Waals surface area contributed by atoms with Gasteiger partial charge >= 0.3 is 0 Å². The fourth-order valence-electron chi connectivity index (χ4n) is 2.91. The molecule has 8 nitrogen and oxygen atoms in total. The minimum absolute atomic E-state index is 0.110. The van der Waals surface area contributed by atoms with Crippen LogP contribution in [0, 0.1) is 0 Å². The Hall–Kier alpha value is -3.00. The van der Waals surface area contributed by atoms with E-state index in [4.69, 9.17) is 16.0 Å². The second kappa shape index (κ2) is 9.27. The maximum Gasteiger partial charge on any atom is 0.287 e. The number of para-hydroxylation sites is 1. The fraction of sp³-hybridized carbons (Fsp3) is 0.316. The summed E-state index contributed by atoms with van der Waals surface area (Å²) in [5.74, 6) is -0.963. The summed E-state index contributed by atoms with van der Waals surface area (Å²) in [5, 5.41) is 5.64. The smallest absolute Gasteiger partial charge is 0.287 e. The SMILES string of the molecule is O=C(CNC(=O)c1ccco1)NCC(=O)N1CCN(c2ccccc2Cl)CC1. The summed E-state index contributed by atoms with van der Waals surface area (Å²) in [6, 6.07) is 10.7. The van der Waals surface area contributed by atoms with Crippen molar-refractivity contribution < 1.29 is 18.8 Å². The molecule has 28 heavy (non-hydrogen) atoms.